The summed E-state index contributed by atoms with van der Waals surface area (Å²) in [6.45, 7) is 1.96. The van der Waals surface area contributed by atoms with Gasteiger partial charge < -0.3 is 20.7 Å². The molecule has 7 heteroatoms. The van der Waals surface area contributed by atoms with Gasteiger partial charge in [-0.15, -0.1) is 0 Å². The zero-order valence-electron chi connectivity index (χ0n) is 14.2. The maximum absolute atomic E-state index is 12.4. The van der Waals surface area contributed by atoms with Crippen LogP contribution in [-0.2, 0) is 14.3 Å². The van der Waals surface area contributed by atoms with Crippen LogP contribution in [0.4, 0.5) is 17.1 Å². The first kappa shape index (κ1) is 17.5. The standard InChI is InChI=1S/C19H19N3O4/c1-2-26-19(25)12-7-3-4-8-13(12)21-17(23)11-16-18(24)22-15-10-6-5-9-14(15)20-16/h3-10,16,20H,2,11H2,1H3,(H,21,23)(H,22,24)/t16-/m0/s1. The van der Waals surface area contributed by atoms with E-state index in [1.807, 2.05) is 18.2 Å². The van der Waals surface area contributed by atoms with E-state index in [0.717, 1.165) is 5.69 Å². The molecule has 0 fully saturated rings. The highest BCUT2D eigenvalue weighted by Gasteiger charge is 2.27. The molecule has 2 amide bonds. The fourth-order valence-electron chi connectivity index (χ4n) is 2.70. The second kappa shape index (κ2) is 7.69. The second-order valence-corrected chi connectivity index (χ2v) is 5.75. The number of amides is 2. The van der Waals surface area contributed by atoms with Gasteiger partial charge in [0.15, 0.2) is 0 Å². The van der Waals surface area contributed by atoms with Gasteiger partial charge in [-0.1, -0.05) is 24.3 Å². The van der Waals surface area contributed by atoms with Gasteiger partial charge in [-0.25, -0.2) is 4.79 Å². The molecule has 0 unspecified atom stereocenters. The number of para-hydroxylation sites is 3. The number of benzene rings is 2. The molecule has 134 valence electrons. The average molecular weight is 353 g/mol. The summed E-state index contributed by atoms with van der Waals surface area (Å²) in [7, 11) is 0. The van der Waals surface area contributed by atoms with Gasteiger partial charge in [-0.05, 0) is 31.2 Å². The van der Waals surface area contributed by atoms with E-state index in [4.69, 9.17) is 4.74 Å². The fourth-order valence-corrected chi connectivity index (χ4v) is 2.70. The molecule has 0 saturated heterocycles. The summed E-state index contributed by atoms with van der Waals surface area (Å²) in [5, 5.41) is 8.51. The molecule has 3 rings (SSSR count). The smallest absolute Gasteiger partial charge is 0.340 e. The van der Waals surface area contributed by atoms with Crippen molar-refractivity contribution in [2.75, 3.05) is 22.6 Å². The predicted molar refractivity (Wildman–Crippen MR) is 98.1 cm³/mol. The van der Waals surface area contributed by atoms with Crippen LogP contribution in [0.1, 0.15) is 23.7 Å². The summed E-state index contributed by atoms with van der Waals surface area (Å²) >= 11 is 0. The van der Waals surface area contributed by atoms with Crippen LogP contribution in [0.15, 0.2) is 48.5 Å². The van der Waals surface area contributed by atoms with Gasteiger partial charge in [-0.3, -0.25) is 9.59 Å². The second-order valence-electron chi connectivity index (χ2n) is 5.75. The van der Waals surface area contributed by atoms with Crippen molar-refractivity contribution >= 4 is 34.8 Å². The van der Waals surface area contributed by atoms with Gasteiger partial charge in [0.2, 0.25) is 11.8 Å². The molecule has 1 aliphatic heterocycles. The molecule has 3 N–H and O–H groups in total. The number of hydrogen-bond acceptors (Lipinski definition) is 5. The van der Waals surface area contributed by atoms with Gasteiger partial charge in [0, 0.05) is 0 Å². The summed E-state index contributed by atoms with van der Waals surface area (Å²) in [4.78, 5) is 36.5. The van der Waals surface area contributed by atoms with Crippen LogP contribution in [-0.4, -0.2) is 30.4 Å². The SMILES string of the molecule is CCOC(=O)c1ccccc1NC(=O)C[C@@H]1Nc2ccccc2NC1=O. The molecule has 0 radical (unpaired) electrons. The van der Waals surface area contributed by atoms with Crippen molar-refractivity contribution in [1.82, 2.24) is 0 Å². The number of carbonyl (C=O) groups excluding carboxylic acids is 3. The topological polar surface area (TPSA) is 96.5 Å². The molecule has 0 saturated carbocycles. The van der Waals surface area contributed by atoms with E-state index in [-0.39, 0.29) is 30.4 Å². The molecule has 2 aromatic carbocycles. The Hall–Kier alpha value is -3.35. The highest BCUT2D eigenvalue weighted by molar-refractivity contribution is 6.07. The molecule has 0 aliphatic carbocycles. The summed E-state index contributed by atoms with van der Waals surface area (Å²) in [5.74, 6) is -1.17. The van der Waals surface area contributed by atoms with Crippen LogP contribution in [0, 0.1) is 0 Å². The Morgan fingerprint density at radius 1 is 1.08 bits per heavy atom. The summed E-state index contributed by atoms with van der Waals surface area (Å²) in [5.41, 5.74) is 2.07. The van der Waals surface area contributed by atoms with E-state index >= 15 is 0 Å². The van der Waals surface area contributed by atoms with Crippen molar-refractivity contribution in [2.24, 2.45) is 0 Å². The zero-order valence-corrected chi connectivity index (χ0v) is 14.2. The van der Waals surface area contributed by atoms with Gasteiger partial charge in [0.1, 0.15) is 6.04 Å². The summed E-state index contributed by atoms with van der Waals surface area (Å²) in [6, 6.07) is 13.2. The third-order valence-electron chi connectivity index (χ3n) is 3.92. The highest BCUT2D eigenvalue weighted by atomic mass is 16.5. The first-order valence-electron chi connectivity index (χ1n) is 8.31. The van der Waals surface area contributed by atoms with Crippen LogP contribution < -0.4 is 16.0 Å². The highest BCUT2D eigenvalue weighted by Crippen LogP contribution is 2.27. The van der Waals surface area contributed by atoms with E-state index in [9.17, 15) is 14.4 Å². The molecule has 0 bridgehead atoms. The van der Waals surface area contributed by atoms with Crippen molar-refractivity contribution in [3.63, 3.8) is 0 Å². The Labute approximate surface area is 150 Å². The largest absolute Gasteiger partial charge is 0.462 e. The maximum Gasteiger partial charge on any atom is 0.340 e. The van der Waals surface area contributed by atoms with Gasteiger partial charge in [0.25, 0.3) is 0 Å². The minimum atomic E-state index is -0.695. The molecule has 1 atom stereocenters. The molecule has 26 heavy (non-hydrogen) atoms. The van der Waals surface area contributed by atoms with Crippen molar-refractivity contribution in [2.45, 2.75) is 19.4 Å². The molecule has 7 nitrogen and oxygen atoms in total. The molecule has 0 spiro atoms. The Bertz CT molecular complexity index is 850. The number of hydrogen-bond donors (Lipinski definition) is 3. The number of ether oxygens (including phenoxy) is 1. The zero-order chi connectivity index (χ0) is 18.5. The van der Waals surface area contributed by atoms with Gasteiger partial charge in [-0.2, -0.15) is 0 Å². The Morgan fingerprint density at radius 2 is 1.77 bits per heavy atom. The van der Waals surface area contributed by atoms with Crippen molar-refractivity contribution < 1.29 is 19.1 Å². The summed E-state index contributed by atoms with van der Waals surface area (Å²) < 4.78 is 4.99. The summed E-state index contributed by atoms with van der Waals surface area (Å²) in [6.07, 6.45) is -0.0721. The number of anilines is 3. The normalized spacial score (nSPS) is 15.3. The van der Waals surface area contributed by atoms with E-state index < -0.39 is 12.0 Å². The Kier molecular flexibility index (Phi) is 5.17. The molecular weight excluding hydrogens is 334 g/mol. The number of nitrogens with one attached hydrogen (secondary N) is 3. The third-order valence-corrected chi connectivity index (χ3v) is 3.92. The molecule has 1 aliphatic rings. The average Bonchev–Trinajstić information content (AvgIpc) is 2.63. The first-order valence-corrected chi connectivity index (χ1v) is 8.31. The quantitative estimate of drug-likeness (QED) is 0.718. The maximum atomic E-state index is 12.4. The van der Waals surface area contributed by atoms with Crippen molar-refractivity contribution in [1.29, 1.82) is 0 Å². The van der Waals surface area contributed by atoms with Crippen molar-refractivity contribution in [3.8, 4) is 0 Å². The van der Waals surface area contributed by atoms with Gasteiger partial charge >= 0.3 is 5.97 Å². The predicted octanol–water partition coefficient (Wildman–Crippen LogP) is 2.62. The van der Waals surface area contributed by atoms with Crippen LogP contribution in [0.5, 0.6) is 0 Å². The van der Waals surface area contributed by atoms with E-state index in [2.05, 4.69) is 16.0 Å². The first-order chi connectivity index (χ1) is 12.6. The van der Waals surface area contributed by atoms with Crippen LogP contribution >= 0.6 is 0 Å². The van der Waals surface area contributed by atoms with E-state index in [0.29, 0.717) is 11.4 Å². The van der Waals surface area contributed by atoms with Gasteiger partial charge in [0.05, 0.1) is 35.7 Å². The fraction of sp³-hybridized carbons (Fsp3) is 0.211. The lowest BCUT2D eigenvalue weighted by atomic mass is 10.1. The van der Waals surface area contributed by atoms with Crippen LogP contribution in [0.3, 0.4) is 0 Å². The Morgan fingerprint density at radius 3 is 2.54 bits per heavy atom. The van der Waals surface area contributed by atoms with Crippen LogP contribution in [0.25, 0.3) is 0 Å². The van der Waals surface area contributed by atoms with Crippen LogP contribution in [0.2, 0.25) is 0 Å². The third kappa shape index (κ3) is 3.83. The number of rotatable bonds is 5. The molecule has 1 heterocycles. The minimum absolute atomic E-state index is 0.0721. The molecule has 2 aromatic rings. The lowest BCUT2D eigenvalue weighted by Crippen LogP contribution is -2.41. The molecule has 0 aromatic heterocycles. The monoisotopic (exact) mass is 353 g/mol. The number of carbonyl (C=O) groups is 3. The molecular formula is C19H19N3O4. The van der Waals surface area contributed by atoms with Crippen molar-refractivity contribution in [3.05, 3.63) is 54.1 Å². The minimum Gasteiger partial charge on any atom is -0.462 e. The number of fused-ring (bicyclic) bond motifs is 1. The lowest BCUT2D eigenvalue weighted by molar-refractivity contribution is -0.122. The lowest BCUT2D eigenvalue weighted by Gasteiger charge is -2.26. The Balaban J connectivity index is 1.69. The van der Waals surface area contributed by atoms with E-state index in [1.54, 1.807) is 37.3 Å². The van der Waals surface area contributed by atoms with E-state index in [1.165, 1.54) is 0 Å². The number of esters is 1.